The van der Waals surface area contributed by atoms with Crippen LogP contribution in [0.3, 0.4) is 0 Å². The van der Waals surface area contributed by atoms with Crippen molar-refractivity contribution in [3.8, 4) is 17.0 Å². The summed E-state index contributed by atoms with van der Waals surface area (Å²) < 4.78 is 19.2. The Bertz CT molecular complexity index is 993. The van der Waals surface area contributed by atoms with Crippen molar-refractivity contribution in [1.29, 1.82) is 0 Å². The first-order chi connectivity index (χ1) is 12.6. The summed E-state index contributed by atoms with van der Waals surface area (Å²) >= 11 is 0. The lowest BCUT2D eigenvalue weighted by molar-refractivity contribution is -0.120. The number of nitrogens with one attached hydrogen (secondary N) is 1. The third-order valence-corrected chi connectivity index (χ3v) is 4.12. The van der Waals surface area contributed by atoms with Gasteiger partial charge in [-0.1, -0.05) is 12.1 Å². The number of anilines is 3. The van der Waals surface area contributed by atoms with Gasteiger partial charge in [0.1, 0.15) is 11.6 Å². The van der Waals surface area contributed by atoms with Crippen LogP contribution in [0.1, 0.15) is 0 Å². The number of halogens is 1. The minimum absolute atomic E-state index is 0.0348. The number of rotatable bonds is 3. The van der Waals surface area contributed by atoms with Crippen LogP contribution in [0.25, 0.3) is 11.3 Å². The highest BCUT2D eigenvalue weighted by molar-refractivity contribution is 5.98. The first-order valence-electron chi connectivity index (χ1n) is 8.00. The van der Waals surface area contributed by atoms with Crippen molar-refractivity contribution < 1.29 is 13.9 Å². The predicted molar refractivity (Wildman–Crippen MR) is 96.1 cm³/mol. The fourth-order valence-electron chi connectivity index (χ4n) is 2.69. The van der Waals surface area contributed by atoms with E-state index in [9.17, 15) is 9.18 Å². The van der Waals surface area contributed by atoms with Gasteiger partial charge in [0.2, 0.25) is 5.95 Å². The molecule has 1 N–H and O–H groups in total. The predicted octanol–water partition coefficient (Wildman–Crippen LogP) is 3.38. The average molecular weight is 350 g/mol. The maximum atomic E-state index is 13.8. The van der Waals surface area contributed by atoms with Crippen LogP contribution >= 0.6 is 0 Å². The summed E-state index contributed by atoms with van der Waals surface area (Å²) in [5, 5.41) is 2.87. The number of carbonyl (C=O) groups is 1. The number of carbonyl (C=O) groups excluding carboxylic acids is 1. The third kappa shape index (κ3) is 2.95. The number of nitrogens with zero attached hydrogens (tertiary/aromatic N) is 3. The van der Waals surface area contributed by atoms with Crippen LogP contribution in [0, 0.1) is 5.82 Å². The average Bonchev–Trinajstić information content (AvgIpc) is 2.67. The molecule has 2 heterocycles. The Morgan fingerprint density at radius 1 is 1.19 bits per heavy atom. The third-order valence-electron chi connectivity index (χ3n) is 4.12. The van der Waals surface area contributed by atoms with Crippen LogP contribution in [0.15, 0.2) is 54.7 Å². The normalized spacial score (nSPS) is 13.2. The van der Waals surface area contributed by atoms with Gasteiger partial charge in [-0.15, -0.1) is 0 Å². The number of ether oxygens (including phenoxy) is 1. The van der Waals surface area contributed by atoms with Crippen LogP contribution in [0.4, 0.5) is 21.7 Å². The molecule has 0 fully saturated rings. The van der Waals surface area contributed by atoms with Crippen molar-refractivity contribution in [2.45, 2.75) is 0 Å². The van der Waals surface area contributed by atoms with Gasteiger partial charge in [0.15, 0.2) is 6.61 Å². The fourth-order valence-corrected chi connectivity index (χ4v) is 2.69. The summed E-state index contributed by atoms with van der Waals surface area (Å²) in [6.07, 6.45) is 1.59. The van der Waals surface area contributed by atoms with E-state index < -0.39 is 0 Å². The van der Waals surface area contributed by atoms with Crippen molar-refractivity contribution >= 4 is 23.2 Å². The number of hydrogen-bond acceptors (Lipinski definition) is 5. The van der Waals surface area contributed by atoms with Crippen LogP contribution in [0.5, 0.6) is 5.75 Å². The highest BCUT2D eigenvalue weighted by Crippen LogP contribution is 2.35. The zero-order valence-corrected chi connectivity index (χ0v) is 13.9. The van der Waals surface area contributed by atoms with Crippen molar-refractivity contribution in [3.63, 3.8) is 0 Å². The summed E-state index contributed by atoms with van der Waals surface area (Å²) in [6, 6.07) is 13.6. The van der Waals surface area contributed by atoms with Gasteiger partial charge >= 0.3 is 0 Å². The highest BCUT2D eigenvalue weighted by Gasteiger charge is 2.22. The molecule has 2 aromatic carbocycles. The summed E-state index contributed by atoms with van der Waals surface area (Å²) in [4.78, 5) is 22.0. The largest absolute Gasteiger partial charge is 0.482 e. The Morgan fingerprint density at radius 2 is 2.04 bits per heavy atom. The number of para-hydroxylation sites is 1. The number of likely N-dealkylation sites (N-methyl/N-ethyl adjacent to an activating group) is 1. The van der Waals surface area contributed by atoms with E-state index in [0.29, 0.717) is 22.8 Å². The van der Waals surface area contributed by atoms with Gasteiger partial charge in [0.05, 0.1) is 17.1 Å². The second-order valence-electron chi connectivity index (χ2n) is 5.79. The lowest BCUT2D eigenvalue weighted by Crippen LogP contribution is -2.35. The van der Waals surface area contributed by atoms with Crippen LogP contribution in [-0.4, -0.2) is 29.5 Å². The Morgan fingerprint density at radius 3 is 2.88 bits per heavy atom. The van der Waals surface area contributed by atoms with E-state index in [1.54, 1.807) is 48.5 Å². The molecule has 0 radical (unpaired) electrons. The fraction of sp³-hybridized carbons (Fsp3) is 0.105. The molecule has 0 bridgehead atoms. The number of aromatic nitrogens is 2. The van der Waals surface area contributed by atoms with Crippen LogP contribution < -0.4 is 15.0 Å². The van der Waals surface area contributed by atoms with Crippen LogP contribution in [-0.2, 0) is 4.79 Å². The molecule has 0 saturated heterocycles. The Labute approximate surface area is 149 Å². The molecule has 0 atom stereocenters. The molecule has 1 aliphatic heterocycles. The lowest BCUT2D eigenvalue weighted by atomic mass is 10.1. The topological polar surface area (TPSA) is 67.4 Å². The summed E-state index contributed by atoms with van der Waals surface area (Å²) in [5.41, 5.74) is 2.43. The number of amides is 1. The van der Waals surface area contributed by atoms with Gasteiger partial charge in [0, 0.05) is 18.8 Å². The molecule has 6 nitrogen and oxygen atoms in total. The molecule has 1 aromatic heterocycles. The molecular formula is C19H15FN4O2. The number of benzene rings is 2. The first-order valence-corrected chi connectivity index (χ1v) is 8.00. The van der Waals surface area contributed by atoms with Gasteiger partial charge in [-0.2, -0.15) is 0 Å². The molecule has 0 unspecified atom stereocenters. The zero-order valence-electron chi connectivity index (χ0n) is 13.9. The first kappa shape index (κ1) is 16.0. The minimum atomic E-state index is -0.382. The molecule has 1 amide bonds. The van der Waals surface area contributed by atoms with E-state index in [1.165, 1.54) is 6.07 Å². The number of hydrogen-bond donors (Lipinski definition) is 1. The minimum Gasteiger partial charge on any atom is -0.482 e. The van der Waals surface area contributed by atoms with Crippen molar-refractivity contribution in [3.05, 3.63) is 60.5 Å². The van der Waals surface area contributed by atoms with E-state index in [1.807, 2.05) is 12.1 Å². The second kappa shape index (κ2) is 6.44. The van der Waals surface area contributed by atoms with Gasteiger partial charge < -0.3 is 15.0 Å². The molecule has 7 heteroatoms. The molecule has 0 saturated carbocycles. The van der Waals surface area contributed by atoms with Crippen molar-refractivity contribution in [2.75, 3.05) is 23.9 Å². The van der Waals surface area contributed by atoms with Gasteiger partial charge in [-0.3, -0.25) is 4.79 Å². The molecule has 0 aliphatic carbocycles. The van der Waals surface area contributed by atoms with E-state index >= 15 is 0 Å². The van der Waals surface area contributed by atoms with E-state index in [0.717, 1.165) is 5.56 Å². The highest BCUT2D eigenvalue weighted by atomic mass is 19.1. The Hall–Kier alpha value is -3.48. The monoisotopic (exact) mass is 350 g/mol. The van der Waals surface area contributed by atoms with E-state index in [4.69, 9.17) is 4.74 Å². The summed E-state index contributed by atoms with van der Waals surface area (Å²) in [6.45, 7) is 0.0348. The SMILES string of the molecule is CN1C(=O)COc2ccc(-c3ccnc(Nc4ccccc4F)n3)cc21. The van der Waals surface area contributed by atoms with Crippen molar-refractivity contribution in [1.82, 2.24) is 9.97 Å². The quantitative estimate of drug-likeness (QED) is 0.784. The number of fused-ring (bicyclic) bond motifs is 1. The summed E-state index contributed by atoms with van der Waals surface area (Å²) in [7, 11) is 1.71. The second-order valence-corrected chi connectivity index (χ2v) is 5.79. The van der Waals surface area contributed by atoms with E-state index in [-0.39, 0.29) is 24.3 Å². The molecule has 0 spiro atoms. The molecule has 3 aromatic rings. The standard InChI is InChI=1S/C19H15FN4O2/c1-24-16-10-12(6-7-17(16)26-11-18(24)25)14-8-9-21-19(22-14)23-15-5-3-2-4-13(15)20/h2-10H,11H2,1H3,(H,21,22,23). The Balaban J connectivity index is 1.67. The van der Waals surface area contributed by atoms with Gasteiger partial charge in [-0.25, -0.2) is 14.4 Å². The lowest BCUT2D eigenvalue weighted by Gasteiger charge is -2.26. The molecule has 130 valence electrons. The molecular weight excluding hydrogens is 335 g/mol. The van der Waals surface area contributed by atoms with Crippen molar-refractivity contribution in [2.24, 2.45) is 0 Å². The zero-order chi connectivity index (χ0) is 18.1. The smallest absolute Gasteiger partial charge is 0.264 e. The molecule has 4 rings (SSSR count). The molecule has 1 aliphatic rings. The summed E-state index contributed by atoms with van der Waals surface area (Å²) in [5.74, 6) is 0.437. The maximum Gasteiger partial charge on any atom is 0.264 e. The van der Waals surface area contributed by atoms with Gasteiger partial charge in [0.25, 0.3) is 5.91 Å². The van der Waals surface area contributed by atoms with E-state index in [2.05, 4.69) is 15.3 Å². The van der Waals surface area contributed by atoms with Crippen LogP contribution in [0.2, 0.25) is 0 Å². The maximum absolute atomic E-state index is 13.8. The molecule has 26 heavy (non-hydrogen) atoms. The Kier molecular flexibility index (Phi) is 3.96. The van der Waals surface area contributed by atoms with Gasteiger partial charge in [-0.05, 0) is 36.4 Å².